The van der Waals surface area contributed by atoms with Crippen LogP contribution in [0, 0.1) is 5.92 Å². The van der Waals surface area contributed by atoms with E-state index in [1.54, 1.807) is 13.8 Å². The molecule has 0 amide bonds. The summed E-state index contributed by atoms with van der Waals surface area (Å²) in [5, 5.41) is 3.08. The second kappa shape index (κ2) is 7.71. The molecule has 0 fully saturated rings. The molecular formula is C14H21NO3. The largest absolute Gasteiger partial charge is 0.493 e. The van der Waals surface area contributed by atoms with Gasteiger partial charge in [-0.15, -0.1) is 0 Å². The van der Waals surface area contributed by atoms with Crippen molar-refractivity contribution in [2.24, 2.45) is 5.92 Å². The van der Waals surface area contributed by atoms with E-state index < -0.39 is 0 Å². The van der Waals surface area contributed by atoms with Crippen LogP contribution < -0.4 is 10.1 Å². The third kappa shape index (κ3) is 4.75. The molecule has 0 bridgehead atoms. The van der Waals surface area contributed by atoms with Gasteiger partial charge >= 0.3 is 5.97 Å². The van der Waals surface area contributed by atoms with Crippen molar-refractivity contribution in [2.75, 3.05) is 20.3 Å². The van der Waals surface area contributed by atoms with E-state index in [0.29, 0.717) is 13.2 Å². The molecule has 0 aliphatic carbocycles. The van der Waals surface area contributed by atoms with Gasteiger partial charge in [-0.3, -0.25) is 4.79 Å². The van der Waals surface area contributed by atoms with Crippen LogP contribution in [-0.2, 0) is 16.1 Å². The van der Waals surface area contributed by atoms with Gasteiger partial charge in [0.2, 0.25) is 0 Å². The monoisotopic (exact) mass is 251 g/mol. The Labute approximate surface area is 108 Å². The van der Waals surface area contributed by atoms with E-state index in [1.807, 2.05) is 31.3 Å². The van der Waals surface area contributed by atoms with Gasteiger partial charge < -0.3 is 14.8 Å². The summed E-state index contributed by atoms with van der Waals surface area (Å²) in [6, 6.07) is 7.82. The van der Waals surface area contributed by atoms with Crippen LogP contribution in [0.3, 0.4) is 0 Å². The lowest BCUT2D eigenvalue weighted by Crippen LogP contribution is -2.21. The fourth-order valence-electron chi connectivity index (χ4n) is 1.52. The minimum atomic E-state index is -0.252. The third-order valence-electron chi connectivity index (χ3n) is 2.47. The van der Waals surface area contributed by atoms with Crippen LogP contribution in [0.25, 0.3) is 0 Å². The molecule has 0 saturated heterocycles. The maximum absolute atomic E-state index is 11.4. The lowest BCUT2D eigenvalue weighted by Gasteiger charge is -2.12. The first-order valence-electron chi connectivity index (χ1n) is 6.20. The van der Waals surface area contributed by atoms with Crippen molar-refractivity contribution in [3.05, 3.63) is 29.8 Å². The van der Waals surface area contributed by atoms with Gasteiger partial charge in [-0.2, -0.15) is 0 Å². The number of nitrogens with one attached hydrogen (secondary N) is 1. The Balaban J connectivity index is 2.47. The fraction of sp³-hybridized carbons (Fsp3) is 0.500. The molecule has 1 N–H and O–H groups in total. The first-order valence-corrected chi connectivity index (χ1v) is 6.20. The van der Waals surface area contributed by atoms with Crippen LogP contribution in [0.2, 0.25) is 0 Å². The minimum Gasteiger partial charge on any atom is -0.493 e. The summed E-state index contributed by atoms with van der Waals surface area (Å²) in [6.45, 7) is 5.13. The zero-order valence-corrected chi connectivity index (χ0v) is 11.2. The minimum absolute atomic E-state index is 0.219. The summed E-state index contributed by atoms with van der Waals surface area (Å²) in [7, 11) is 1.90. The summed E-state index contributed by atoms with van der Waals surface area (Å²) in [6.07, 6.45) is 0. The SMILES string of the molecule is CCOC(=O)C(C)COc1cccc(CNC)c1. The second-order valence-electron chi connectivity index (χ2n) is 4.14. The Bertz CT molecular complexity index is 379. The highest BCUT2D eigenvalue weighted by atomic mass is 16.5. The lowest BCUT2D eigenvalue weighted by atomic mass is 10.2. The molecule has 0 heterocycles. The standard InChI is InChI=1S/C14H21NO3/c1-4-17-14(16)11(2)10-18-13-7-5-6-12(8-13)9-15-3/h5-8,11,15H,4,9-10H2,1-3H3. The molecule has 100 valence electrons. The molecule has 0 aliphatic rings. The summed E-state index contributed by atoms with van der Waals surface area (Å²) in [5.41, 5.74) is 1.15. The summed E-state index contributed by atoms with van der Waals surface area (Å²) >= 11 is 0. The Morgan fingerprint density at radius 2 is 2.22 bits per heavy atom. The van der Waals surface area contributed by atoms with E-state index in [2.05, 4.69) is 5.32 Å². The number of esters is 1. The summed E-state index contributed by atoms with van der Waals surface area (Å²) in [5.74, 6) is 0.306. The van der Waals surface area contributed by atoms with Gasteiger partial charge in [-0.25, -0.2) is 0 Å². The summed E-state index contributed by atoms with van der Waals surface area (Å²) < 4.78 is 10.5. The molecule has 1 aromatic rings. The maximum Gasteiger partial charge on any atom is 0.312 e. The zero-order valence-electron chi connectivity index (χ0n) is 11.2. The van der Waals surface area contributed by atoms with Gasteiger partial charge in [0.25, 0.3) is 0 Å². The molecular weight excluding hydrogens is 230 g/mol. The molecule has 0 aliphatic heterocycles. The van der Waals surface area contributed by atoms with Gasteiger partial charge in [0.05, 0.1) is 12.5 Å². The van der Waals surface area contributed by atoms with Crippen molar-refractivity contribution >= 4 is 5.97 Å². The predicted molar refractivity (Wildman–Crippen MR) is 70.5 cm³/mol. The fourth-order valence-corrected chi connectivity index (χ4v) is 1.52. The number of hydrogen-bond donors (Lipinski definition) is 1. The first kappa shape index (κ1) is 14.5. The van der Waals surface area contributed by atoms with Gasteiger partial charge in [-0.1, -0.05) is 12.1 Å². The normalized spacial score (nSPS) is 11.9. The van der Waals surface area contributed by atoms with Crippen molar-refractivity contribution < 1.29 is 14.3 Å². The highest BCUT2D eigenvalue weighted by Crippen LogP contribution is 2.14. The van der Waals surface area contributed by atoms with E-state index >= 15 is 0 Å². The average Bonchev–Trinajstić information content (AvgIpc) is 2.37. The highest BCUT2D eigenvalue weighted by molar-refractivity contribution is 5.72. The maximum atomic E-state index is 11.4. The van der Waals surface area contributed by atoms with Crippen LogP contribution in [0.4, 0.5) is 0 Å². The van der Waals surface area contributed by atoms with Crippen LogP contribution in [-0.4, -0.2) is 26.2 Å². The zero-order chi connectivity index (χ0) is 13.4. The average molecular weight is 251 g/mol. The predicted octanol–water partition coefficient (Wildman–Crippen LogP) is 1.98. The molecule has 0 saturated carbocycles. The van der Waals surface area contributed by atoms with Crippen molar-refractivity contribution in [1.82, 2.24) is 5.32 Å². The van der Waals surface area contributed by atoms with Crippen LogP contribution in [0.1, 0.15) is 19.4 Å². The molecule has 1 aromatic carbocycles. The topological polar surface area (TPSA) is 47.6 Å². The van der Waals surface area contributed by atoms with E-state index in [-0.39, 0.29) is 11.9 Å². The molecule has 0 spiro atoms. The van der Waals surface area contributed by atoms with E-state index in [9.17, 15) is 4.79 Å². The number of carbonyl (C=O) groups is 1. The molecule has 18 heavy (non-hydrogen) atoms. The van der Waals surface area contributed by atoms with Crippen molar-refractivity contribution in [3.8, 4) is 5.75 Å². The first-order chi connectivity index (χ1) is 8.67. The van der Waals surface area contributed by atoms with E-state index in [4.69, 9.17) is 9.47 Å². The molecule has 1 unspecified atom stereocenters. The lowest BCUT2D eigenvalue weighted by molar-refractivity contribution is -0.148. The number of carbonyl (C=O) groups excluding carboxylic acids is 1. The number of hydrogen-bond acceptors (Lipinski definition) is 4. The van der Waals surface area contributed by atoms with Gasteiger partial charge in [0.1, 0.15) is 12.4 Å². The summed E-state index contributed by atoms with van der Waals surface area (Å²) in [4.78, 5) is 11.4. The Hall–Kier alpha value is -1.55. The van der Waals surface area contributed by atoms with E-state index in [1.165, 1.54) is 0 Å². The highest BCUT2D eigenvalue weighted by Gasteiger charge is 2.14. The molecule has 1 rings (SSSR count). The van der Waals surface area contributed by atoms with Gasteiger partial charge in [0.15, 0.2) is 0 Å². The van der Waals surface area contributed by atoms with Crippen molar-refractivity contribution in [1.29, 1.82) is 0 Å². The molecule has 4 heteroatoms. The molecule has 0 radical (unpaired) electrons. The van der Waals surface area contributed by atoms with Gasteiger partial charge in [0, 0.05) is 6.54 Å². The van der Waals surface area contributed by atoms with Gasteiger partial charge in [-0.05, 0) is 38.6 Å². The van der Waals surface area contributed by atoms with Crippen LogP contribution in [0.15, 0.2) is 24.3 Å². The third-order valence-corrected chi connectivity index (χ3v) is 2.47. The van der Waals surface area contributed by atoms with E-state index in [0.717, 1.165) is 17.9 Å². The molecule has 0 aromatic heterocycles. The Morgan fingerprint density at radius 1 is 1.44 bits per heavy atom. The van der Waals surface area contributed by atoms with Crippen molar-refractivity contribution in [2.45, 2.75) is 20.4 Å². The van der Waals surface area contributed by atoms with Crippen LogP contribution >= 0.6 is 0 Å². The second-order valence-corrected chi connectivity index (χ2v) is 4.14. The molecule has 4 nitrogen and oxygen atoms in total. The smallest absolute Gasteiger partial charge is 0.312 e. The molecule has 1 atom stereocenters. The number of rotatable bonds is 7. The number of ether oxygens (including phenoxy) is 2. The Kier molecular flexibility index (Phi) is 6.22. The quantitative estimate of drug-likeness (QED) is 0.753. The van der Waals surface area contributed by atoms with Crippen LogP contribution in [0.5, 0.6) is 5.75 Å². The van der Waals surface area contributed by atoms with Crippen molar-refractivity contribution in [3.63, 3.8) is 0 Å². The number of benzene rings is 1. The Morgan fingerprint density at radius 3 is 2.89 bits per heavy atom.